The molecular weight excluding hydrogens is 456 g/mol. The third kappa shape index (κ3) is 4.33. The molecule has 11 heteroatoms. The summed E-state index contributed by atoms with van der Waals surface area (Å²) < 4.78 is 82.2. The van der Waals surface area contributed by atoms with E-state index in [1.54, 1.807) is 0 Å². The second-order valence-corrected chi connectivity index (χ2v) is 7.72. The average molecular weight is 467 g/mol. The Hall–Kier alpha value is -3.34. The molecule has 0 unspecified atom stereocenters. The van der Waals surface area contributed by atoms with Crippen LogP contribution >= 0.6 is 11.8 Å². The van der Waals surface area contributed by atoms with Crippen LogP contribution in [-0.2, 0) is 12.7 Å². The van der Waals surface area contributed by atoms with Gasteiger partial charge in [0.15, 0.2) is 0 Å². The first-order valence-corrected chi connectivity index (χ1v) is 9.78. The van der Waals surface area contributed by atoms with E-state index in [1.165, 1.54) is 35.0 Å². The van der Waals surface area contributed by atoms with Gasteiger partial charge in [-0.2, -0.15) is 18.2 Å². The second-order valence-electron chi connectivity index (χ2n) is 6.66. The van der Waals surface area contributed by atoms with Gasteiger partial charge >= 0.3 is 6.18 Å². The van der Waals surface area contributed by atoms with Gasteiger partial charge in [0.05, 0.1) is 29.3 Å². The molecule has 2 aromatic carbocycles. The van der Waals surface area contributed by atoms with Gasteiger partial charge in [0.1, 0.15) is 22.5 Å². The molecule has 4 aromatic rings. The summed E-state index contributed by atoms with van der Waals surface area (Å²) in [7, 11) is 0. The number of pyridine rings is 1. The third-order valence-electron chi connectivity index (χ3n) is 4.55. The van der Waals surface area contributed by atoms with Gasteiger partial charge < -0.3 is 4.57 Å². The van der Waals surface area contributed by atoms with Gasteiger partial charge in [-0.25, -0.2) is 18.2 Å². The van der Waals surface area contributed by atoms with Crippen LogP contribution in [0.15, 0.2) is 69.7 Å². The van der Waals surface area contributed by atoms with Gasteiger partial charge in [-0.1, -0.05) is 11.8 Å². The van der Waals surface area contributed by atoms with Crippen molar-refractivity contribution < 1.29 is 26.3 Å². The lowest BCUT2D eigenvalue weighted by atomic mass is 10.1. The maximum Gasteiger partial charge on any atom is 0.419 e. The van der Waals surface area contributed by atoms with Crippen molar-refractivity contribution in [3.63, 3.8) is 0 Å². The molecule has 0 N–H and O–H groups in total. The topological polar surface area (TPSA) is 47.8 Å². The van der Waals surface area contributed by atoms with E-state index in [9.17, 15) is 31.1 Å². The normalized spacial score (nSPS) is 11.8. The van der Waals surface area contributed by atoms with Crippen LogP contribution < -0.4 is 5.56 Å². The fourth-order valence-electron chi connectivity index (χ4n) is 3.07. The summed E-state index contributed by atoms with van der Waals surface area (Å²) >= 11 is 0.712. The van der Waals surface area contributed by atoms with Crippen LogP contribution in [0.25, 0.3) is 10.9 Å². The third-order valence-corrected chi connectivity index (χ3v) is 5.56. The molecule has 4 rings (SSSR count). The molecule has 32 heavy (non-hydrogen) atoms. The van der Waals surface area contributed by atoms with E-state index in [4.69, 9.17) is 0 Å². The van der Waals surface area contributed by atoms with E-state index >= 15 is 0 Å². The molecule has 0 radical (unpaired) electrons. The summed E-state index contributed by atoms with van der Waals surface area (Å²) in [4.78, 5) is 20.0. The molecule has 0 atom stereocenters. The Morgan fingerprint density at radius 2 is 1.69 bits per heavy atom. The summed E-state index contributed by atoms with van der Waals surface area (Å²) in [6.07, 6.45) is -2.30. The maximum absolute atomic E-state index is 14.0. The van der Waals surface area contributed by atoms with Gasteiger partial charge in [-0.15, -0.1) is 0 Å². The molecule has 0 saturated carbocycles. The predicted octanol–water partition coefficient (Wildman–Crippen LogP) is 5.43. The Morgan fingerprint density at radius 1 is 0.969 bits per heavy atom. The van der Waals surface area contributed by atoms with Crippen LogP contribution in [0.1, 0.15) is 11.1 Å². The van der Waals surface area contributed by atoms with Crippen LogP contribution in [0, 0.1) is 17.5 Å². The predicted molar refractivity (Wildman–Crippen MR) is 105 cm³/mol. The van der Waals surface area contributed by atoms with Crippen LogP contribution in [0.3, 0.4) is 0 Å². The maximum atomic E-state index is 14.0. The van der Waals surface area contributed by atoms with E-state index in [1.807, 2.05) is 0 Å². The van der Waals surface area contributed by atoms with Crippen molar-refractivity contribution in [2.75, 3.05) is 0 Å². The molecule has 2 aromatic heterocycles. The van der Waals surface area contributed by atoms with Gasteiger partial charge in [0.2, 0.25) is 0 Å². The zero-order valence-electron chi connectivity index (χ0n) is 15.8. The van der Waals surface area contributed by atoms with Crippen LogP contribution in [-0.4, -0.2) is 14.5 Å². The number of halogens is 6. The van der Waals surface area contributed by atoms with Crippen LogP contribution in [0.2, 0.25) is 0 Å². The van der Waals surface area contributed by atoms with Crippen LogP contribution in [0.4, 0.5) is 26.3 Å². The minimum atomic E-state index is -4.61. The summed E-state index contributed by atoms with van der Waals surface area (Å²) in [5, 5.41) is -0.260. The fourth-order valence-corrected chi connectivity index (χ4v) is 4.02. The lowest BCUT2D eigenvalue weighted by Crippen LogP contribution is -2.14. The molecule has 0 saturated heterocycles. The van der Waals surface area contributed by atoms with E-state index in [-0.39, 0.29) is 27.4 Å². The number of aromatic nitrogens is 3. The van der Waals surface area contributed by atoms with Gasteiger partial charge in [0, 0.05) is 28.8 Å². The van der Waals surface area contributed by atoms with Crippen molar-refractivity contribution in [2.45, 2.75) is 22.6 Å². The van der Waals surface area contributed by atoms with E-state index in [2.05, 4.69) is 9.97 Å². The van der Waals surface area contributed by atoms with E-state index in [0.29, 0.717) is 23.9 Å². The van der Waals surface area contributed by atoms with Crippen molar-refractivity contribution >= 4 is 22.7 Å². The first-order chi connectivity index (χ1) is 15.1. The number of nitrogens with zero attached hydrogens (tertiary/aromatic N) is 3. The van der Waals surface area contributed by atoms with Crippen molar-refractivity contribution in [1.29, 1.82) is 0 Å². The molecule has 0 aliphatic carbocycles. The minimum Gasteiger partial charge on any atom is -0.327 e. The number of benzene rings is 2. The highest BCUT2D eigenvalue weighted by Gasteiger charge is 2.34. The Labute approximate surface area is 180 Å². The molecule has 0 spiro atoms. The molecule has 164 valence electrons. The number of hydrogen-bond donors (Lipinski definition) is 0. The SMILES string of the molecule is O=c1ncn(Cc2c(F)cc(F)cc2F)c2ccc(Sc3ncccc3C(F)(F)F)cc12. The molecular formula is C21H11F6N3OS. The molecule has 0 amide bonds. The average Bonchev–Trinajstić information content (AvgIpc) is 2.72. The molecule has 0 aliphatic rings. The van der Waals surface area contributed by atoms with Crippen molar-refractivity contribution in [1.82, 2.24) is 14.5 Å². The quantitative estimate of drug-likeness (QED) is 0.376. The van der Waals surface area contributed by atoms with Gasteiger partial charge in [-0.05, 0) is 30.3 Å². The Balaban J connectivity index is 1.74. The highest BCUT2D eigenvalue weighted by molar-refractivity contribution is 7.99. The van der Waals surface area contributed by atoms with Crippen molar-refractivity contribution in [3.05, 3.63) is 93.9 Å². The summed E-state index contributed by atoms with van der Waals surface area (Å²) in [6, 6.07) is 7.36. The summed E-state index contributed by atoms with van der Waals surface area (Å²) in [6.45, 7) is -0.382. The number of alkyl halides is 3. The van der Waals surface area contributed by atoms with Gasteiger partial charge in [0.25, 0.3) is 5.56 Å². The zero-order valence-corrected chi connectivity index (χ0v) is 16.6. The number of rotatable bonds is 4. The van der Waals surface area contributed by atoms with Crippen molar-refractivity contribution in [3.8, 4) is 0 Å². The van der Waals surface area contributed by atoms with E-state index < -0.39 is 40.3 Å². The monoisotopic (exact) mass is 467 g/mol. The number of hydrogen-bond acceptors (Lipinski definition) is 4. The molecule has 4 nitrogen and oxygen atoms in total. The van der Waals surface area contributed by atoms with Gasteiger partial charge in [-0.3, -0.25) is 4.79 Å². The Morgan fingerprint density at radius 3 is 2.38 bits per heavy atom. The largest absolute Gasteiger partial charge is 0.419 e. The highest BCUT2D eigenvalue weighted by atomic mass is 32.2. The second kappa shape index (κ2) is 8.30. The van der Waals surface area contributed by atoms with E-state index in [0.717, 1.165) is 12.4 Å². The first kappa shape index (κ1) is 21.9. The fraction of sp³-hybridized carbons (Fsp3) is 0.0952. The molecule has 0 fully saturated rings. The Bertz CT molecular complexity index is 1360. The smallest absolute Gasteiger partial charge is 0.327 e. The summed E-state index contributed by atoms with van der Waals surface area (Å²) in [5.74, 6) is -3.27. The standard InChI is InChI=1S/C21H11F6N3OS/c22-11-6-16(23)14(17(24)7-11)9-30-10-29-19(31)13-8-12(3-4-18(13)30)32-20-15(21(25,26)27)2-1-5-28-20/h1-8,10H,9H2. The molecule has 2 heterocycles. The van der Waals surface area contributed by atoms with Crippen LogP contribution in [0.5, 0.6) is 0 Å². The Kier molecular flexibility index (Phi) is 5.68. The molecule has 0 aliphatic heterocycles. The lowest BCUT2D eigenvalue weighted by molar-refractivity contribution is -0.140. The summed E-state index contributed by atoms with van der Waals surface area (Å²) in [5.41, 5.74) is -1.78. The number of fused-ring (bicyclic) bond motifs is 1. The highest BCUT2D eigenvalue weighted by Crippen LogP contribution is 2.38. The zero-order chi connectivity index (χ0) is 23.0. The minimum absolute atomic E-state index is 0.0323. The van der Waals surface area contributed by atoms with Crippen molar-refractivity contribution in [2.24, 2.45) is 0 Å². The first-order valence-electron chi connectivity index (χ1n) is 8.96. The lowest BCUT2D eigenvalue weighted by Gasteiger charge is -2.13. The molecule has 0 bridgehead atoms.